The van der Waals surface area contributed by atoms with Gasteiger partial charge in [-0.15, -0.1) is 0 Å². The molecule has 0 amide bonds. The lowest BCUT2D eigenvalue weighted by Crippen LogP contribution is -2.36. The van der Waals surface area contributed by atoms with E-state index in [9.17, 15) is 0 Å². The minimum atomic E-state index is 0.495. The number of amidine groups is 1. The van der Waals surface area contributed by atoms with Crippen LogP contribution in [0.15, 0.2) is 4.99 Å². The molecule has 0 bridgehead atoms. The Bertz CT molecular complexity index is 239. The average molecular weight is 228 g/mol. The normalized spacial score (nSPS) is 32.8. The van der Waals surface area contributed by atoms with E-state index in [0.29, 0.717) is 18.0 Å². The molecule has 2 aliphatic heterocycles. The van der Waals surface area contributed by atoms with Gasteiger partial charge in [0.15, 0.2) is 5.17 Å². The summed E-state index contributed by atoms with van der Waals surface area (Å²) in [5, 5.41) is 4.66. The van der Waals surface area contributed by atoms with Crippen LogP contribution in [0.1, 0.15) is 26.7 Å². The van der Waals surface area contributed by atoms with Gasteiger partial charge in [-0.2, -0.15) is 0 Å². The van der Waals surface area contributed by atoms with Gasteiger partial charge in [0.1, 0.15) is 0 Å². The topological polar surface area (TPSA) is 33.6 Å². The van der Waals surface area contributed by atoms with Crippen molar-refractivity contribution in [3.05, 3.63) is 0 Å². The maximum absolute atomic E-state index is 5.40. The van der Waals surface area contributed by atoms with Gasteiger partial charge in [0.2, 0.25) is 0 Å². The quantitative estimate of drug-likeness (QED) is 0.801. The van der Waals surface area contributed by atoms with Gasteiger partial charge in [0.25, 0.3) is 0 Å². The third-order valence-electron chi connectivity index (χ3n) is 3.21. The molecule has 1 N–H and O–H groups in total. The molecular formula is C11H20N2OS. The molecule has 2 aliphatic rings. The molecule has 4 heteroatoms. The van der Waals surface area contributed by atoms with Crippen LogP contribution in [0.2, 0.25) is 0 Å². The smallest absolute Gasteiger partial charge is 0.157 e. The van der Waals surface area contributed by atoms with Crippen LogP contribution in [0.5, 0.6) is 0 Å². The summed E-state index contributed by atoms with van der Waals surface area (Å²) in [6.07, 6.45) is 2.34. The lowest BCUT2D eigenvalue weighted by atomic mass is 10.0. The van der Waals surface area contributed by atoms with E-state index in [2.05, 4.69) is 24.2 Å². The first kappa shape index (κ1) is 11.3. The molecule has 86 valence electrons. The maximum atomic E-state index is 5.40. The molecule has 0 aromatic heterocycles. The molecule has 3 unspecified atom stereocenters. The Kier molecular flexibility index (Phi) is 3.92. The highest BCUT2D eigenvalue weighted by molar-refractivity contribution is 8.14. The predicted molar refractivity (Wildman–Crippen MR) is 65.5 cm³/mol. The Labute approximate surface area is 96.1 Å². The van der Waals surface area contributed by atoms with Crippen molar-refractivity contribution in [2.45, 2.75) is 38.8 Å². The first-order valence-electron chi connectivity index (χ1n) is 5.84. The van der Waals surface area contributed by atoms with Crippen molar-refractivity contribution in [2.75, 3.05) is 19.0 Å². The Morgan fingerprint density at radius 3 is 3.13 bits per heavy atom. The number of aliphatic imine (C=N–C) groups is 1. The molecule has 0 radical (unpaired) electrons. The summed E-state index contributed by atoms with van der Waals surface area (Å²) in [7, 11) is 0. The van der Waals surface area contributed by atoms with Gasteiger partial charge in [-0.25, -0.2) is 0 Å². The molecule has 3 atom stereocenters. The van der Waals surface area contributed by atoms with E-state index in [4.69, 9.17) is 4.74 Å². The number of hydrogen-bond acceptors (Lipinski definition) is 4. The highest BCUT2D eigenvalue weighted by Gasteiger charge is 2.25. The molecule has 1 fully saturated rings. The van der Waals surface area contributed by atoms with Crippen LogP contribution in [-0.4, -0.2) is 36.2 Å². The summed E-state index contributed by atoms with van der Waals surface area (Å²) in [5.41, 5.74) is 0. The fourth-order valence-electron chi connectivity index (χ4n) is 1.96. The zero-order valence-corrected chi connectivity index (χ0v) is 10.3. The number of thioether (sulfide) groups is 1. The van der Waals surface area contributed by atoms with Crippen molar-refractivity contribution in [1.29, 1.82) is 0 Å². The molecule has 15 heavy (non-hydrogen) atoms. The second-order valence-corrected chi connectivity index (χ2v) is 5.37. The van der Waals surface area contributed by atoms with Crippen molar-refractivity contribution < 1.29 is 4.74 Å². The van der Waals surface area contributed by atoms with Crippen molar-refractivity contribution in [3.8, 4) is 0 Å². The van der Waals surface area contributed by atoms with Gasteiger partial charge in [-0.1, -0.05) is 18.7 Å². The summed E-state index contributed by atoms with van der Waals surface area (Å²) in [4.78, 5) is 4.65. The number of hydrogen-bond donors (Lipinski definition) is 1. The van der Waals surface area contributed by atoms with E-state index in [1.165, 1.54) is 6.42 Å². The standard InChI is InChI=1S/C11H20N2OS/c1-3-10-7-15-11(13-10)12-8(2)9-4-5-14-6-9/h8-10H,3-7H2,1-2H3,(H,12,13). The maximum Gasteiger partial charge on any atom is 0.157 e. The van der Waals surface area contributed by atoms with Crippen LogP contribution < -0.4 is 5.32 Å². The first-order chi connectivity index (χ1) is 7.29. The molecule has 0 saturated carbocycles. The van der Waals surface area contributed by atoms with Crippen molar-refractivity contribution >= 4 is 16.9 Å². The highest BCUT2D eigenvalue weighted by atomic mass is 32.2. The van der Waals surface area contributed by atoms with E-state index in [-0.39, 0.29) is 0 Å². The van der Waals surface area contributed by atoms with Crippen molar-refractivity contribution in [1.82, 2.24) is 5.32 Å². The lowest BCUT2D eigenvalue weighted by molar-refractivity contribution is 0.180. The predicted octanol–water partition coefficient (Wildman–Crippen LogP) is 1.88. The van der Waals surface area contributed by atoms with E-state index >= 15 is 0 Å². The van der Waals surface area contributed by atoms with E-state index in [1.807, 2.05) is 11.8 Å². The van der Waals surface area contributed by atoms with Crippen LogP contribution in [0.3, 0.4) is 0 Å². The van der Waals surface area contributed by atoms with E-state index in [0.717, 1.165) is 30.6 Å². The minimum absolute atomic E-state index is 0.495. The lowest BCUT2D eigenvalue weighted by Gasteiger charge is -2.19. The number of nitrogens with zero attached hydrogens (tertiary/aromatic N) is 1. The summed E-state index contributed by atoms with van der Waals surface area (Å²) in [6.45, 7) is 6.27. The fourth-order valence-corrected chi connectivity index (χ4v) is 3.12. The van der Waals surface area contributed by atoms with Crippen LogP contribution in [0, 0.1) is 5.92 Å². The summed E-state index contributed by atoms with van der Waals surface area (Å²) < 4.78 is 5.40. The largest absolute Gasteiger partial charge is 0.381 e. The number of ether oxygens (including phenoxy) is 1. The van der Waals surface area contributed by atoms with Gasteiger partial charge in [0, 0.05) is 24.3 Å². The molecule has 3 nitrogen and oxygen atoms in total. The van der Waals surface area contributed by atoms with Crippen molar-refractivity contribution in [3.63, 3.8) is 0 Å². The average Bonchev–Trinajstić information content (AvgIpc) is 2.87. The molecule has 2 heterocycles. The summed E-state index contributed by atoms with van der Waals surface area (Å²) in [5.74, 6) is 1.81. The third kappa shape index (κ3) is 2.88. The molecule has 0 aromatic carbocycles. The summed E-state index contributed by atoms with van der Waals surface area (Å²) in [6, 6.07) is 1.03. The molecule has 1 saturated heterocycles. The van der Waals surface area contributed by atoms with Gasteiger partial charge in [0.05, 0.1) is 12.6 Å². The zero-order valence-electron chi connectivity index (χ0n) is 9.53. The fraction of sp³-hybridized carbons (Fsp3) is 0.909. The number of nitrogens with one attached hydrogen (secondary N) is 1. The summed E-state index contributed by atoms with van der Waals surface area (Å²) >= 11 is 1.86. The first-order valence-corrected chi connectivity index (χ1v) is 6.83. The van der Waals surface area contributed by atoms with Crippen LogP contribution >= 0.6 is 11.8 Å². The Hall–Kier alpha value is -0.220. The monoisotopic (exact) mass is 228 g/mol. The van der Waals surface area contributed by atoms with Gasteiger partial charge in [-0.05, 0) is 19.8 Å². The number of rotatable bonds is 3. The molecule has 0 spiro atoms. The van der Waals surface area contributed by atoms with Crippen molar-refractivity contribution in [2.24, 2.45) is 10.9 Å². The van der Waals surface area contributed by atoms with E-state index in [1.54, 1.807) is 0 Å². The zero-order chi connectivity index (χ0) is 10.7. The van der Waals surface area contributed by atoms with Crippen LogP contribution in [0.25, 0.3) is 0 Å². The van der Waals surface area contributed by atoms with Crippen LogP contribution in [0.4, 0.5) is 0 Å². The van der Waals surface area contributed by atoms with Crippen LogP contribution in [-0.2, 0) is 4.74 Å². The molecular weight excluding hydrogens is 208 g/mol. The van der Waals surface area contributed by atoms with E-state index < -0.39 is 0 Å². The van der Waals surface area contributed by atoms with Gasteiger partial charge >= 0.3 is 0 Å². The second-order valence-electron chi connectivity index (χ2n) is 4.36. The molecule has 0 aliphatic carbocycles. The Balaban J connectivity index is 1.81. The SMILES string of the molecule is CCC1CSC(NC(C)C2CCOC2)=N1. The van der Waals surface area contributed by atoms with Gasteiger partial charge in [-0.3, -0.25) is 4.99 Å². The Morgan fingerprint density at radius 1 is 1.67 bits per heavy atom. The van der Waals surface area contributed by atoms with Gasteiger partial charge < -0.3 is 10.1 Å². The minimum Gasteiger partial charge on any atom is -0.381 e. The second kappa shape index (κ2) is 5.21. The highest BCUT2D eigenvalue weighted by Crippen LogP contribution is 2.21. The molecule has 2 rings (SSSR count). The Morgan fingerprint density at radius 2 is 2.53 bits per heavy atom. The molecule has 0 aromatic rings. The third-order valence-corrected chi connectivity index (χ3v) is 4.25.